The second-order valence-electron chi connectivity index (χ2n) is 1.15. The van der Waals surface area contributed by atoms with E-state index in [-0.39, 0.29) is 12.4 Å². The Hall–Kier alpha value is -0.490. The second-order valence-corrected chi connectivity index (χ2v) is 1.15. The number of hydrogen-bond acceptors (Lipinski definition) is 0. The number of halogens is 1. The first-order valence-electron chi connectivity index (χ1n) is 2.00. The molecule has 1 heteroatoms. The molecule has 0 nitrogen and oxygen atoms in total. The second kappa shape index (κ2) is 3.69. The van der Waals surface area contributed by atoms with Crippen molar-refractivity contribution < 1.29 is 12.4 Å². The van der Waals surface area contributed by atoms with E-state index in [1.165, 1.54) is 0 Å². The summed E-state index contributed by atoms with van der Waals surface area (Å²) >= 11 is 0. The van der Waals surface area contributed by atoms with Crippen molar-refractivity contribution in [2.24, 2.45) is 0 Å². The van der Waals surface area contributed by atoms with Crippen LogP contribution < -0.4 is 12.4 Å². The summed E-state index contributed by atoms with van der Waals surface area (Å²) in [6, 6.07) is 12.0. The molecule has 0 saturated heterocycles. The number of rotatable bonds is 0. The van der Waals surface area contributed by atoms with Crippen LogP contribution >= 0.6 is 0 Å². The molecule has 0 heterocycles. The zero-order chi connectivity index (χ0) is 4.24. The van der Waals surface area contributed by atoms with Gasteiger partial charge in [-0.25, -0.2) is 0 Å². The van der Waals surface area contributed by atoms with Crippen LogP contribution in [0, 0.1) is 0 Å². The van der Waals surface area contributed by atoms with Gasteiger partial charge >= 0.3 is 0 Å². The lowest BCUT2D eigenvalue weighted by Crippen LogP contribution is -3.00. The molecule has 0 aliphatic carbocycles. The van der Waals surface area contributed by atoms with Gasteiger partial charge in [-0.05, 0) is 0 Å². The summed E-state index contributed by atoms with van der Waals surface area (Å²) in [5, 5.41) is 0. The van der Waals surface area contributed by atoms with Gasteiger partial charge in [0, 0.05) is 0 Å². The van der Waals surface area contributed by atoms with E-state index in [4.69, 9.17) is 0 Å². The van der Waals surface area contributed by atoms with Crippen LogP contribution in [0.25, 0.3) is 0 Å². The largest absolute Gasteiger partial charge is 1.00 e. The van der Waals surface area contributed by atoms with Crippen LogP contribution in [-0.2, 0) is 0 Å². The quantitative estimate of drug-likeness (QED) is 0.392. The summed E-state index contributed by atoms with van der Waals surface area (Å²) < 4.78 is 0. The highest BCUT2D eigenvalue weighted by molar-refractivity contribution is 4.99. The fraction of sp³-hybridized carbons (Fsp3) is 0. The van der Waals surface area contributed by atoms with Crippen LogP contribution in [0.15, 0.2) is 36.4 Å². The Morgan fingerprint density at radius 2 is 0.571 bits per heavy atom. The SMILES string of the molecule is [Cl-].c1ccccc1. The van der Waals surface area contributed by atoms with Crippen molar-refractivity contribution in [2.45, 2.75) is 0 Å². The standard InChI is InChI=1S/C6H6.ClH/c1-2-4-6-5-3-1;/h1-6H;1H/p-1. The Morgan fingerprint density at radius 1 is 0.429 bits per heavy atom. The van der Waals surface area contributed by atoms with Crippen LogP contribution in [0.2, 0.25) is 0 Å². The molecule has 0 atom stereocenters. The first-order valence-corrected chi connectivity index (χ1v) is 2.00. The molecular formula is C6H6Cl-. The highest BCUT2D eigenvalue weighted by atomic mass is 35.5. The third-order valence-electron chi connectivity index (χ3n) is 0.667. The summed E-state index contributed by atoms with van der Waals surface area (Å²) in [6.07, 6.45) is 0. The van der Waals surface area contributed by atoms with Crippen molar-refractivity contribution in [3.63, 3.8) is 0 Å². The predicted octanol–water partition coefficient (Wildman–Crippen LogP) is -1.31. The maximum Gasteiger partial charge on any atom is -0.0623 e. The van der Waals surface area contributed by atoms with Crippen molar-refractivity contribution in [2.75, 3.05) is 0 Å². The topological polar surface area (TPSA) is 0 Å². The molecule has 0 spiro atoms. The molecule has 0 radical (unpaired) electrons. The van der Waals surface area contributed by atoms with Gasteiger partial charge < -0.3 is 12.4 Å². The minimum absolute atomic E-state index is 0. The Labute approximate surface area is 49.6 Å². The Morgan fingerprint density at radius 3 is 0.714 bits per heavy atom. The normalized spacial score (nSPS) is 6.86. The van der Waals surface area contributed by atoms with Gasteiger partial charge in [0.15, 0.2) is 0 Å². The van der Waals surface area contributed by atoms with Gasteiger partial charge in [-0.15, -0.1) is 0 Å². The van der Waals surface area contributed by atoms with Crippen molar-refractivity contribution in [3.8, 4) is 0 Å². The van der Waals surface area contributed by atoms with Gasteiger partial charge in [0.25, 0.3) is 0 Å². The minimum atomic E-state index is 0. The predicted molar refractivity (Wildman–Crippen MR) is 26.4 cm³/mol. The van der Waals surface area contributed by atoms with Crippen LogP contribution in [0.3, 0.4) is 0 Å². The molecule has 0 unspecified atom stereocenters. The molecule has 7 heavy (non-hydrogen) atoms. The monoisotopic (exact) mass is 113 g/mol. The van der Waals surface area contributed by atoms with E-state index in [0.717, 1.165) is 0 Å². The maximum atomic E-state index is 2.00. The smallest absolute Gasteiger partial charge is 0.0623 e. The molecule has 0 amide bonds. The molecule has 0 N–H and O–H groups in total. The van der Waals surface area contributed by atoms with Crippen LogP contribution in [0.5, 0.6) is 0 Å². The van der Waals surface area contributed by atoms with E-state index in [2.05, 4.69) is 0 Å². The van der Waals surface area contributed by atoms with E-state index in [1.54, 1.807) is 0 Å². The van der Waals surface area contributed by atoms with E-state index in [1.807, 2.05) is 36.4 Å². The Balaban J connectivity index is 0.000000360. The van der Waals surface area contributed by atoms with Crippen molar-refractivity contribution in [3.05, 3.63) is 36.4 Å². The van der Waals surface area contributed by atoms with Crippen LogP contribution in [0.1, 0.15) is 0 Å². The molecule has 1 rings (SSSR count). The molecule has 1 aromatic rings. The third-order valence-corrected chi connectivity index (χ3v) is 0.667. The summed E-state index contributed by atoms with van der Waals surface area (Å²) in [6.45, 7) is 0. The number of hydrogen-bond donors (Lipinski definition) is 0. The zero-order valence-corrected chi connectivity index (χ0v) is 4.60. The first kappa shape index (κ1) is 6.51. The van der Waals surface area contributed by atoms with Gasteiger partial charge in [0.2, 0.25) is 0 Å². The average molecular weight is 114 g/mol. The van der Waals surface area contributed by atoms with Gasteiger partial charge in [0.05, 0.1) is 0 Å². The average Bonchev–Trinajstić information content (AvgIpc) is 1.72. The van der Waals surface area contributed by atoms with Gasteiger partial charge in [-0.3, -0.25) is 0 Å². The van der Waals surface area contributed by atoms with E-state index in [0.29, 0.717) is 0 Å². The summed E-state index contributed by atoms with van der Waals surface area (Å²) in [5.41, 5.74) is 0. The first-order chi connectivity index (χ1) is 3.00. The zero-order valence-electron chi connectivity index (χ0n) is 3.84. The van der Waals surface area contributed by atoms with E-state index < -0.39 is 0 Å². The fourth-order valence-corrected chi connectivity index (χ4v) is 0.385. The molecule has 1 aromatic carbocycles. The van der Waals surface area contributed by atoms with E-state index in [9.17, 15) is 0 Å². The maximum absolute atomic E-state index is 2.00. The van der Waals surface area contributed by atoms with Crippen LogP contribution in [0.4, 0.5) is 0 Å². The number of benzene rings is 1. The lowest BCUT2D eigenvalue weighted by molar-refractivity contribution is -0.00000120. The highest BCUT2D eigenvalue weighted by Gasteiger charge is 1.57. The molecule has 0 bridgehead atoms. The van der Waals surface area contributed by atoms with Gasteiger partial charge in [-0.1, -0.05) is 36.4 Å². The molecule has 0 aromatic heterocycles. The van der Waals surface area contributed by atoms with Gasteiger partial charge in [0.1, 0.15) is 0 Å². The summed E-state index contributed by atoms with van der Waals surface area (Å²) in [5.74, 6) is 0. The van der Waals surface area contributed by atoms with E-state index >= 15 is 0 Å². The lowest BCUT2D eigenvalue weighted by atomic mass is 10.4. The highest BCUT2D eigenvalue weighted by Crippen LogP contribution is 1.79. The third kappa shape index (κ3) is 2.24. The minimum Gasteiger partial charge on any atom is -1.00 e. The van der Waals surface area contributed by atoms with Crippen molar-refractivity contribution in [1.29, 1.82) is 0 Å². The molecular weight excluding hydrogens is 108 g/mol. The van der Waals surface area contributed by atoms with Crippen molar-refractivity contribution in [1.82, 2.24) is 0 Å². The fourth-order valence-electron chi connectivity index (χ4n) is 0.385. The van der Waals surface area contributed by atoms with Crippen LogP contribution in [-0.4, -0.2) is 0 Å². The summed E-state index contributed by atoms with van der Waals surface area (Å²) in [4.78, 5) is 0. The molecule has 0 saturated carbocycles. The van der Waals surface area contributed by atoms with Gasteiger partial charge in [-0.2, -0.15) is 0 Å². The molecule has 0 fully saturated rings. The molecule has 0 aliphatic heterocycles. The molecule has 38 valence electrons. The Bertz CT molecular complexity index is 76.1. The Kier molecular flexibility index (Phi) is 3.43. The van der Waals surface area contributed by atoms with Crippen molar-refractivity contribution >= 4 is 0 Å². The summed E-state index contributed by atoms with van der Waals surface area (Å²) in [7, 11) is 0. The molecule has 0 aliphatic rings. The lowest BCUT2D eigenvalue weighted by Gasteiger charge is -1.69.